The summed E-state index contributed by atoms with van der Waals surface area (Å²) in [5.74, 6) is 1.10. The Hall–Kier alpha value is -5.22. The van der Waals surface area contributed by atoms with Gasteiger partial charge in [-0.15, -0.1) is 0 Å². The van der Waals surface area contributed by atoms with Gasteiger partial charge in [-0.2, -0.15) is 0 Å². The topological polar surface area (TPSA) is 118 Å². The van der Waals surface area contributed by atoms with E-state index in [4.69, 9.17) is 23.7 Å². The molecule has 3 aromatic carbocycles. The number of benzene rings is 3. The summed E-state index contributed by atoms with van der Waals surface area (Å²) in [6, 6.07) is 20.7. The number of carbonyl (C=O) groups excluding carboxylic acids is 2. The van der Waals surface area contributed by atoms with Crippen molar-refractivity contribution in [3.63, 3.8) is 0 Å². The Morgan fingerprint density at radius 2 is 1.50 bits per heavy atom. The predicted molar refractivity (Wildman–Crippen MR) is 155 cm³/mol. The zero-order valence-corrected chi connectivity index (χ0v) is 23.2. The van der Waals surface area contributed by atoms with Gasteiger partial charge in [0.15, 0.2) is 17.3 Å². The number of nitrogens with one attached hydrogen (secondary N) is 1. The monoisotopic (exact) mass is 567 g/mol. The quantitative estimate of drug-likeness (QED) is 0.178. The van der Waals surface area contributed by atoms with Gasteiger partial charge < -0.3 is 29.0 Å². The lowest BCUT2D eigenvalue weighted by Crippen LogP contribution is -2.20. The van der Waals surface area contributed by atoms with E-state index >= 15 is 0 Å². The number of nitrogens with zero attached hydrogens (tertiary/aromatic N) is 2. The van der Waals surface area contributed by atoms with Gasteiger partial charge in [-0.05, 0) is 29.3 Å². The van der Waals surface area contributed by atoms with Crippen LogP contribution in [0.3, 0.4) is 0 Å². The first kappa shape index (κ1) is 28.3. The predicted octanol–water partition coefficient (Wildman–Crippen LogP) is 4.79. The number of ketones is 2. The normalized spacial score (nSPS) is 12.9. The third-order valence-electron chi connectivity index (χ3n) is 6.33. The number of anilines is 1. The molecule has 0 radical (unpaired) electrons. The number of allylic oxidation sites excluding steroid dienone is 2. The largest absolute Gasteiger partial charge is 0.493 e. The lowest BCUT2D eigenvalue weighted by atomic mass is 10.1. The minimum absolute atomic E-state index is 0.0398. The van der Waals surface area contributed by atoms with E-state index in [2.05, 4.69) is 15.3 Å². The molecule has 1 aliphatic carbocycles. The van der Waals surface area contributed by atoms with E-state index in [0.717, 1.165) is 11.1 Å². The lowest BCUT2D eigenvalue weighted by Gasteiger charge is -2.16. The Bertz CT molecular complexity index is 1630. The van der Waals surface area contributed by atoms with Crippen molar-refractivity contribution in [3.8, 4) is 17.2 Å². The first-order valence-corrected chi connectivity index (χ1v) is 13.2. The zero-order valence-electron chi connectivity index (χ0n) is 23.2. The van der Waals surface area contributed by atoms with Crippen molar-refractivity contribution in [2.24, 2.45) is 0 Å². The molecule has 1 aromatic heterocycles. The minimum Gasteiger partial charge on any atom is -0.493 e. The van der Waals surface area contributed by atoms with Gasteiger partial charge in [0.05, 0.1) is 24.9 Å². The number of hydrogen-bond acceptors (Lipinski definition) is 10. The molecule has 0 fully saturated rings. The second kappa shape index (κ2) is 13.4. The SMILES string of the molecule is COCCOc1cc2ncnc(NC3=CC(=O)C(OCc4ccc(OCc5ccccc5)cc4)=CC3=O)c2cc1OC. The van der Waals surface area contributed by atoms with Crippen LogP contribution in [0.4, 0.5) is 5.82 Å². The Balaban J connectivity index is 1.21. The van der Waals surface area contributed by atoms with Crippen LogP contribution in [0, 0.1) is 0 Å². The number of methoxy groups -OCH3 is 2. The summed E-state index contributed by atoms with van der Waals surface area (Å²) in [4.78, 5) is 34.3. The maximum absolute atomic E-state index is 12.9. The van der Waals surface area contributed by atoms with Crippen molar-refractivity contribution in [2.45, 2.75) is 13.2 Å². The van der Waals surface area contributed by atoms with Crippen LogP contribution in [0.1, 0.15) is 11.1 Å². The second-order valence-electron chi connectivity index (χ2n) is 9.21. The highest BCUT2D eigenvalue weighted by molar-refractivity contribution is 6.20. The maximum atomic E-state index is 12.9. The van der Waals surface area contributed by atoms with Crippen LogP contribution in [0.15, 0.2) is 96.7 Å². The number of hydrogen-bond donors (Lipinski definition) is 1. The standard InChI is InChI=1S/C32H29N3O7/c1-38-12-13-40-31-16-25-24(14-30(31)39-2)32(34-20-33-25)35-26-15-28(37)29(17-27(26)36)42-19-22-8-10-23(11-9-22)41-18-21-6-4-3-5-7-21/h3-11,14-17,20H,12-13,18-19H2,1-2H3,(H,33,34,35). The average molecular weight is 568 g/mol. The number of rotatable bonds is 13. The molecule has 0 bridgehead atoms. The molecule has 1 aliphatic rings. The fourth-order valence-corrected chi connectivity index (χ4v) is 4.13. The number of ether oxygens (including phenoxy) is 5. The smallest absolute Gasteiger partial charge is 0.222 e. The molecule has 1 N–H and O–H groups in total. The van der Waals surface area contributed by atoms with Crippen LogP contribution < -0.4 is 19.5 Å². The summed E-state index contributed by atoms with van der Waals surface area (Å²) in [5, 5.41) is 3.54. The third-order valence-corrected chi connectivity index (χ3v) is 6.33. The molecular formula is C32H29N3O7. The Morgan fingerprint density at radius 3 is 2.26 bits per heavy atom. The Labute approximate surface area is 242 Å². The molecule has 5 rings (SSSR count). The minimum atomic E-state index is -0.440. The molecule has 0 saturated carbocycles. The summed E-state index contributed by atoms with van der Waals surface area (Å²) in [7, 11) is 3.11. The summed E-state index contributed by atoms with van der Waals surface area (Å²) in [6.45, 7) is 1.33. The molecule has 10 nitrogen and oxygen atoms in total. The van der Waals surface area contributed by atoms with Gasteiger partial charge in [-0.3, -0.25) is 9.59 Å². The van der Waals surface area contributed by atoms with E-state index in [1.165, 1.54) is 25.6 Å². The van der Waals surface area contributed by atoms with Crippen LogP contribution in [0.25, 0.3) is 10.9 Å². The average Bonchev–Trinajstić information content (AvgIpc) is 3.02. The van der Waals surface area contributed by atoms with Crippen molar-refractivity contribution in [1.29, 1.82) is 0 Å². The molecule has 42 heavy (non-hydrogen) atoms. The van der Waals surface area contributed by atoms with Crippen LogP contribution in [-0.2, 0) is 32.3 Å². The molecule has 0 amide bonds. The van der Waals surface area contributed by atoms with Gasteiger partial charge in [0.2, 0.25) is 11.6 Å². The van der Waals surface area contributed by atoms with Gasteiger partial charge >= 0.3 is 0 Å². The third kappa shape index (κ3) is 6.91. The highest BCUT2D eigenvalue weighted by Gasteiger charge is 2.23. The molecule has 214 valence electrons. The molecule has 1 heterocycles. The van der Waals surface area contributed by atoms with Gasteiger partial charge in [-0.1, -0.05) is 42.5 Å². The molecule has 4 aromatic rings. The first-order valence-electron chi connectivity index (χ1n) is 13.2. The van der Waals surface area contributed by atoms with Crippen molar-refractivity contribution in [3.05, 3.63) is 108 Å². The summed E-state index contributed by atoms with van der Waals surface area (Å²) in [6.07, 6.45) is 3.73. The fourth-order valence-electron chi connectivity index (χ4n) is 4.13. The van der Waals surface area contributed by atoms with Crippen LogP contribution in [0.5, 0.6) is 17.2 Å². The van der Waals surface area contributed by atoms with E-state index in [0.29, 0.717) is 53.8 Å². The summed E-state index contributed by atoms with van der Waals surface area (Å²) >= 11 is 0. The fraction of sp³-hybridized carbons (Fsp3) is 0.188. The highest BCUT2D eigenvalue weighted by atomic mass is 16.5. The summed E-state index contributed by atoms with van der Waals surface area (Å²) in [5.41, 5.74) is 2.52. The highest BCUT2D eigenvalue weighted by Crippen LogP contribution is 2.34. The maximum Gasteiger partial charge on any atom is 0.222 e. The van der Waals surface area contributed by atoms with Crippen LogP contribution in [0.2, 0.25) is 0 Å². The lowest BCUT2D eigenvalue weighted by molar-refractivity contribution is -0.117. The van der Waals surface area contributed by atoms with E-state index in [1.807, 2.05) is 54.6 Å². The van der Waals surface area contributed by atoms with E-state index in [9.17, 15) is 9.59 Å². The number of carbonyl (C=O) groups is 2. The van der Waals surface area contributed by atoms with Gasteiger partial charge in [-0.25, -0.2) is 9.97 Å². The van der Waals surface area contributed by atoms with Gasteiger partial charge in [0.1, 0.15) is 37.7 Å². The molecule has 0 spiro atoms. The van der Waals surface area contributed by atoms with Gasteiger partial charge in [0, 0.05) is 30.7 Å². The van der Waals surface area contributed by atoms with E-state index in [-0.39, 0.29) is 18.1 Å². The molecule has 0 unspecified atom stereocenters. The van der Waals surface area contributed by atoms with Crippen molar-refractivity contribution >= 4 is 28.3 Å². The Morgan fingerprint density at radius 1 is 0.738 bits per heavy atom. The van der Waals surface area contributed by atoms with Crippen molar-refractivity contribution < 1.29 is 33.3 Å². The summed E-state index contributed by atoms with van der Waals surface area (Å²) < 4.78 is 27.7. The molecule has 0 atom stereocenters. The first-order chi connectivity index (χ1) is 20.5. The molecule has 0 saturated heterocycles. The van der Waals surface area contributed by atoms with Crippen LogP contribution in [-0.4, -0.2) is 49.0 Å². The van der Waals surface area contributed by atoms with Crippen LogP contribution >= 0.6 is 0 Å². The second-order valence-corrected chi connectivity index (χ2v) is 9.21. The zero-order chi connectivity index (χ0) is 29.3. The number of fused-ring (bicyclic) bond motifs is 1. The van der Waals surface area contributed by atoms with Crippen molar-refractivity contribution in [1.82, 2.24) is 9.97 Å². The van der Waals surface area contributed by atoms with E-state index in [1.54, 1.807) is 19.2 Å². The van der Waals surface area contributed by atoms with Gasteiger partial charge in [0.25, 0.3) is 0 Å². The Kier molecular flexibility index (Phi) is 9.05. The molecular weight excluding hydrogens is 538 g/mol. The van der Waals surface area contributed by atoms with E-state index < -0.39 is 11.6 Å². The molecule has 10 heteroatoms. The van der Waals surface area contributed by atoms with Crippen molar-refractivity contribution in [2.75, 3.05) is 32.8 Å². The number of aromatic nitrogens is 2. The molecule has 0 aliphatic heterocycles.